The monoisotopic (exact) mass is 279 g/mol. The summed E-state index contributed by atoms with van der Waals surface area (Å²) in [5.41, 5.74) is 1.78. The molecule has 1 aromatic rings. The van der Waals surface area contributed by atoms with Crippen molar-refractivity contribution in [1.82, 2.24) is 0 Å². The average Bonchev–Trinajstić information content (AvgIpc) is 2.54. The normalized spacial score (nSPS) is 15.6. The van der Waals surface area contributed by atoms with E-state index in [1.165, 1.54) is 11.6 Å². The fourth-order valence-corrected chi connectivity index (χ4v) is 1.94. The highest BCUT2D eigenvalue weighted by atomic mass is 79.9. The van der Waals surface area contributed by atoms with Crippen LogP contribution in [0.3, 0.4) is 0 Å². The Labute approximate surface area is 102 Å². The van der Waals surface area contributed by atoms with Crippen molar-refractivity contribution in [2.24, 2.45) is 0 Å². The third-order valence-corrected chi connectivity index (χ3v) is 3.05. The number of carbonyl (C=O) groups is 2. The zero-order chi connectivity index (χ0) is 11.7. The lowest BCUT2D eigenvalue weighted by Crippen LogP contribution is -2.30. The molecule has 0 saturated heterocycles. The van der Waals surface area contributed by atoms with E-state index in [0.717, 1.165) is 11.3 Å². The van der Waals surface area contributed by atoms with E-state index in [-0.39, 0.29) is 11.8 Å². The molecule has 0 bridgehead atoms. The molecule has 3 nitrogen and oxygen atoms in total. The molecule has 1 heterocycles. The molecule has 0 N–H and O–H groups in total. The summed E-state index contributed by atoms with van der Waals surface area (Å²) < 4.78 is 0.303. The van der Waals surface area contributed by atoms with Crippen LogP contribution in [0, 0.1) is 0 Å². The molecule has 2 amide bonds. The van der Waals surface area contributed by atoms with E-state index in [0.29, 0.717) is 10.2 Å². The van der Waals surface area contributed by atoms with Gasteiger partial charge in [0.2, 0.25) is 0 Å². The van der Waals surface area contributed by atoms with Crippen LogP contribution < -0.4 is 4.90 Å². The van der Waals surface area contributed by atoms with Gasteiger partial charge in [-0.2, -0.15) is 0 Å². The molecule has 4 heteroatoms. The largest absolute Gasteiger partial charge is 0.272 e. The van der Waals surface area contributed by atoms with Gasteiger partial charge in [0.1, 0.15) is 0 Å². The first-order valence-electron chi connectivity index (χ1n) is 4.98. The number of anilines is 1. The number of carbonyl (C=O) groups excluding carboxylic acids is 2. The van der Waals surface area contributed by atoms with Crippen molar-refractivity contribution < 1.29 is 9.59 Å². The summed E-state index contributed by atoms with van der Waals surface area (Å²) in [4.78, 5) is 24.4. The van der Waals surface area contributed by atoms with Crippen LogP contribution in [0.2, 0.25) is 0 Å². The molecule has 82 valence electrons. The van der Waals surface area contributed by atoms with Gasteiger partial charge in [0.05, 0.1) is 10.2 Å². The molecule has 0 aromatic heterocycles. The van der Waals surface area contributed by atoms with Crippen LogP contribution in [0.1, 0.15) is 12.5 Å². The Kier molecular flexibility index (Phi) is 2.92. The average molecular weight is 280 g/mol. The molecule has 2 rings (SSSR count). The number of nitrogens with zero attached hydrogens (tertiary/aromatic N) is 1. The molecule has 16 heavy (non-hydrogen) atoms. The molecule has 0 radical (unpaired) electrons. The van der Waals surface area contributed by atoms with E-state index >= 15 is 0 Å². The van der Waals surface area contributed by atoms with Crippen molar-refractivity contribution in [3.8, 4) is 0 Å². The number of benzene rings is 1. The van der Waals surface area contributed by atoms with Crippen molar-refractivity contribution in [1.29, 1.82) is 0 Å². The van der Waals surface area contributed by atoms with Crippen molar-refractivity contribution in [2.45, 2.75) is 13.3 Å². The third-order valence-electron chi connectivity index (χ3n) is 2.48. The van der Waals surface area contributed by atoms with Crippen molar-refractivity contribution in [3.63, 3.8) is 0 Å². The Morgan fingerprint density at radius 2 is 1.81 bits per heavy atom. The van der Waals surface area contributed by atoms with E-state index in [1.807, 2.05) is 12.1 Å². The molecule has 0 aliphatic carbocycles. The van der Waals surface area contributed by atoms with Crippen LogP contribution in [0.25, 0.3) is 0 Å². The molecule has 0 fully saturated rings. The zero-order valence-corrected chi connectivity index (χ0v) is 10.3. The number of halogens is 1. The minimum absolute atomic E-state index is 0.303. The Bertz CT molecular complexity index is 476. The van der Waals surface area contributed by atoms with E-state index in [2.05, 4.69) is 22.9 Å². The molecule has 1 aliphatic heterocycles. The predicted molar refractivity (Wildman–Crippen MR) is 65.3 cm³/mol. The number of hydrogen-bond acceptors (Lipinski definition) is 2. The molecule has 0 saturated carbocycles. The Hall–Kier alpha value is -1.42. The number of rotatable bonds is 2. The molecule has 1 aliphatic rings. The summed E-state index contributed by atoms with van der Waals surface area (Å²) in [6.07, 6.45) is 2.22. The van der Waals surface area contributed by atoms with Gasteiger partial charge < -0.3 is 0 Å². The lowest BCUT2D eigenvalue weighted by Gasteiger charge is -2.14. The molecule has 0 atom stereocenters. The van der Waals surface area contributed by atoms with E-state index in [9.17, 15) is 9.59 Å². The molecule has 0 unspecified atom stereocenters. The predicted octanol–water partition coefficient (Wildman–Crippen LogP) is 2.40. The maximum absolute atomic E-state index is 11.7. The van der Waals surface area contributed by atoms with Crippen molar-refractivity contribution >= 4 is 33.4 Å². The summed E-state index contributed by atoms with van der Waals surface area (Å²) in [6, 6.07) is 7.41. The Morgan fingerprint density at radius 1 is 1.19 bits per heavy atom. The van der Waals surface area contributed by atoms with E-state index in [1.54, 1.807) is 12.1 Å². The summed E-state index contributed by atoms with van der Waals surface area (Å²) in [6.45, 7) is 2.05. The van der Waals surface area contributed by atoms with Crippen LogP contribution in [0.4, 0.5) is 5.69 Å². The number of hydrogen-bond donors (Lipinski definition) is 0. The van der Waals surface area contributed by atoms with E-state index < -0.39 is 0 Å². The summed E-state index contributed by atoms with van der Waals surface area (Å²) >= 11 is 3.06. The van der Waals surface area contributed by atoms with Gasteiger partial charge in [0.15, 0.2) is 0 Å². The maximum Gasteiger partial charge on any atom is 0.272 e. The SMILES string of the molecule is CCc1ccc(N2C(=O)C=C(Br)C2=O)cc1. The van der Waals surface area contributed by atoms with Gasteiger partial charge in [0.25, 0.3) is 11.8 Å². The lowest BCUT2D eigenvalue weighted by atomic mass is 10.1. The van der Waals surface area contributed by atoms with Gasteiger partial charge in [-0.25, -0.2) is 4.90 Å². The smallest absolute Gasteiger partial charge is 0.269 e. The summed E-state index contributed by atoms with van der Waals surface area (Å²) in [5.74, 6) is -0.615. The molecular weight excluding hydrogens is 270 g/mol. The zero-order valence-electron chi connectivity index (χ0n) is 8.74. The Balaban J connectivity index is 2.32. The first-order valence-corrected chi connectivity index (χ1v) is 5.77. The first kappa shape index (κ1) is 11.1. The van der Waals surface area contributed by atoms with Gasteiger partial charge >= 0.3 is 0 Å². The van der Waals surface area contributed by atoms with E-state index in [4.69, 9.17) is 0 Å². The highest BCUT2D eigenvalue weighted by molar-refractivity contribution is 9.12. The highest BCUT2D eigenvalue weighted by Gasteiger charge is 2.30. The number of amides is 2. The standard InChI is InChI=1S/C12H10BrNO2/c1-2-8-3-5-9(6-4-8)14-11(15)7-10(13)12(14)16/h3-7H,2H2,1H3. The van der Waals surface area contributed by atoms with Gasteiger partial charge in [-0.1, -0.05) is 19.1 Å². The second kappa shape index (κ2) is 4.22. The summed E-state index contributed by atoms with van der Waals surface area (Å²) in [7, 11) is 0. The number of imide groups is 1. The van der Waals surface area contributed by atoms with Crippen LogP contribution in [0.15, 0.2) is 34.8 Å². The summed E-state index contributed by atoms with van der Waals surface area (Å²) in [5, 5.41) is 0. The first-order chi connectivity index (χ1) is 7.63. The lowest BCUT2D eigenvalue weighted by molar-refractivity contribution is -0.120. The van der Waals surface area contributed by atoms with Gasteiger partial charge in [-0.05, 0) is 40.0 Å². The van der Waals surface area contributed by atoms with Gasteiger partial charge in [0, 0.05) is 6.08 Å². The molecule has 0 spiro atoms. The van der Waals surface area contributed by atoms with Crippen LogP contribution in [-0.4, -0.2) is 11.8 Å². The third kappa shape index (κ3) is 1.80. The highest BCUT2D eigenvalue weighted by Crippen LogP contribution is 2.25. The van der Waals surface area contributed by atoms with Crippen molar-refractivity contribution in [3.05, 3.63) is 40.4 Å². The fourth-order valence-electron chi connectivity index (χ4n) is 1.57. The fraction of sp³-hybridized carbons (Fsp3) is 0.167. The minimum atomic E-state index is -0.311. The van der Waals surface area contributed by atoms with Crippen molar-refractivity contribution in [2.75, 3.05) is 4.90 Å². The topological polar surface area (TPSA) is 37.4 Å². The number of aryl methyl sites for hydroxylation is 1. The quantitative estimate of drug-likeness (QED) is 0.780. The van der Waals surface area contributed by atoms with Gasteiger partial charge in [-0.15, -0.1) is 0 Å². The Morgan fingerprint density at radius 3 is 2.25 bits per heavy atom. The van der Waals surface area contributed by atoms with Crippen LogP contribution >= 0.6 is 15.9 Å². The maximum atomic E-state index is 11.7. The molecular formula is C12H10BrNO2. The second-order valence-electron chi connectivity index (χ2n) is 3.49. The van der Waals surface area contributed by atoms with Gasteiger partial charge in [-0.3, -0.25) is 9.59 Å². The van der Waals surface area contributed by atoms with Crippen LogP contribution in [0.5, 0.6) is 0 Å². The van der Waals surface area contributed by atoms with Crippen LogP contribution in [-0.2, 0) is 16.0 Å². The minimum Gasteiger partial charge on any atom is -0.269 e. The second-order valence-corrected chi connectivity index (χ2v) is 4.35. The molecule has 1 aromatic carbocycles.